The first-order valence-electron chi connectivity index (χ1n) is 4.26. The van der Waals surface area contributed by atoms with Gasteiger partial charge in [0.25, 0.3) is 0 Å². The number of phenols is 2. The number of aromatic hydroxyl groups is 2. The van der Waals surface area contributed by atoms with Gasteiger partial charge in [-0.15, -0.1) is 0 Å². The molecule has 82 valence electrons. The summed E-state index contributed by atoms with van der Waals surface area (Å²) < 4.78 is 4.33. The van der Waals surface area contributed by atoms with Crippen molar-refractivity contribution in [2.75, 3.05) is 7.11 Å². The third-order valence-electron chi connectivity index (χ3n) is 2.15. The van der Waals surface area contributed by atoms with Gasteiger partial charge in [-0.1, -0.05) is 0 Å². The van der Waals surface area contributed by atoms with Crippen LogP contribution < -0.4 is 0 Å². The smallest absolute Gasteiger partial charge is 0.339 e. The number of rotatable bonds is 2. The average molecular weight is 212 g/mol. The van der Waals surface area contributed by atoms with E-state index in [4.69, 9.17) is 0 Å². The Hall–Kier alpha value is -1.75. The van der Waals surface area contributed by atoms with Crippen molar-refractivity contribution >= 4 is 5.97 Å². The molecule has 1 atom stereocenters. The second-order valence-electron chi connectivity index (χ2n) is 3.07. The highest BCUT2D eigenvalue weighted by Gasteiger charge is 2.22. The first kappa shape index (κ1) is 11.3. The number of ether oxygens (including phenoxy) is 1. The quantitative estimate of drug-likeness (QED) is 0.625. The molecule has 0 amide bonds. The molecule has 0 bridgehead atoms. The fraction of sp³-hybridized carbons (Fsp3) is 0.300. The minimum atomic E-state index is -1.55. The molecular weight excluding hydrogens is 200 g/mol. The monoisotopic (exact) mass is 212 g/mol. The van der Waals surface area contributed by atoms with E-state index in [1.54, 1.807) is 0 Å². The number of phenolic OH excluding ortho intramolecular Hbond substituents is 2. The molecule has 1 rings (SSSR count). The summed E-state index contributed by atoms with van der Waals surface area (Å²) in [6.45, 7) is 1.47. The Morgan fingerprint density at radius 1 is 1.40 bits per heavy atom. The predicted octanol–water partition coefficient (Wildman–Crippen LogP) is 0.613. The Kier molecular flexibility index (Phi) is 3.16. The molecule has 0 aromatic heterocycles. The fourth-order valence-electron chi connectivity index (χ4n) is 1.17. The summed E-state index contributed by atoms with van der Waals surface area (Å²) in [4.78, 5) is 11.0. The number of hydrogen-bond donors (Lipinski definition) is 3. The average Bonchev–Trinajstić information content (AvgIpc) is 2.24. The molecule has 0 aliphatic heterocycles. The van der Waals surface area contributed by atoms with Gasteiger partial charge in [-0.3, -0.25) is 0 Å². The largest absolute Gasteiger partial charge is 0.508 e. The molecule has 3 N–H and O–H groups in total. The molecule has 5 heteroatoms. The standard InChI is InChI=1S/C10H12O5/c1-5-7(11)4-3-6(8(5)12)9(13)10(14)15-2/h3-4,9,11-13H,1-2H3. The van der Waals surface area contributed by atoms with Gasteiger partial charge in [0.1, 0.15) is 11.5 Å². The van der Waals surface area contributed by atoms with E-state index in [1.807, 2.05) is 0 Å². The summed E-state index contributed by atoms with van der Waals surface area (Å²) in [5.41, 5.74) is 0.215. The SMILES string of the molecule is COC(=O)C(O)c1ccc(O)c(C)c1O. The summed E-state index contributed by atoms with van der Waals surface area (Å²) in [6.07, 6.45) is -1.55. The van der Waals surface area contributed by atoms with Crippen LogP contribution in [0.25, 0.3) is 0 Å². The summed E-state index contributed by atoms with van der Waals surface area (Å²) >= 11 is 0. The van der Waals surface area contributed by atoms with Crippen LogP contribution in [0.3, 0.4) is 0 Å². The summed E-state index contributed by atoms with van der Waals surface area (Å²) in [5.74, 6) is -1.28. The Morgan fingerprint density at radius 2 is 2.00 bits per heavy atom. The number of carbonyl (C=O) groups is 1. The molecule has 0 fully saturated rings. The van der Waals surface area contributed by atoms with Crippen molar-refractivity contribution in [3.8, 4) is 11.5 Å². The Labute approximate surface area is 86.5 Å². The number of esters is 1. The van der Waals surface area contributed by atoms with Gasteiger partial charge in [0.05, 0.1) is 7.11 Å². The van der Waals surface area contributed by atoms with Crippen LogP contribution in [0.15, 0.2) is 12.1 Å². The molecule has 0 aliphatic carbocycles. The second-order valence-corrected chi connectivity index (χ2v) is 3.07. The Morgan fingerprint density at radius 3 is 2.53 bits per heavy atom. The van der Waals surface area contributed by atoms with Gasteiger partial charge in [-0.05, 0) is 19.1 Å². The highest BCUT2D eigenvalue weighted by atomic mass is 16.5. The number of aliphatic hydroxyl groups excluding tert-OH is 1. The maximum absolute atomic E-state index is 11.0. The van der Waals surface area contributed by atoms with Crippen molar-refractivity contribution in [1.29, 1.82) is 0 Å². The zero-order valence-electron chi connectivity index (χ0n) is 8.39. The van der Waals surface area contributed by atoms with Crippen LogP contribution >= 0.6 is 0 Å². The minimum Gasteiger partial charge on any atom is -0.508 e. The van der Waals surface area contributed by atoms with Crippen LogP contribution in [0.1, 0.15) is 17.2 Å². The molecule has 0 saturated heterocycles. The van der Waals surface area contributed by atoms with Gasteiger partial charge in [-0.2, -0.15) is 0 Å². The lowest BCUT2D eigenvalue weighted by Crippen LogP contribution is -2.13. The molecule has 1 aromatic carbocycles. The van der Waals surface area contributed by atoms with Crippen molar-refractivity contribution in [2.45, 2.75) is 13.0 Å². The van der Waals surface area contributed by atoms with Gasteiger partial charge in [0.2, 0.25) is 0 Å². The lowest BCUT2D eigenvalue weighted by Gasteiger charge is -2.12. The molecule has 0 spiro atoms. The van der Waals surface area contributed by atoms with Crippen LogP contribution in [0.5, 0.6) is 11.5 Å². The number of methoxy groups -OCH3 is 1. The Balaban J connectivity index is 3.16. The first-order valence-corrected chi connectivity index (χ1v) is 4.26. The van der Waals surface area contributed by atoms with E-state index in [9.17, 15) is 20.1 Å². The van der Waals surface area contributed by atoms with Gasteiger partial charge in [-0.25, -0.2) is 4.79 Å². The predicted molar refractivity (Wildman–Crippen MR) is 51.5 cm³/mol. The van der Waals surface area contributed by atoms with E-state index in [2.05, 4.69) is 4.74 Å². The molecule has 0 aliphatic rings. The highest BCUT2D eigenvalue weighted by molar-refractivity contribution is 5.77. The van der Waals surface area contributed by atoms with Crippen molar-refractivity contribution in [3.05, 3.63) is 23.3 Å². The fourth-order valence-corrected chi connectivity index (χ4v) is 1.17. The molecule has 0 heterocycles. The van der Waals surface area contributed by atoms with Crippen molar-refractivity contribution in [1.82, 2.24) is 0 Å². The Bertz CT molecular complexity index is 386. The minimum absolute atomic E-state index is 0.0113. The van der Waals surface area contributed by atoms with E-state index < -0.39 is 12.1 Å². The van der Waals surface area contributed by atoms with E-state index in [0.717, 1.165) is 7.11 Å². The lowest BCUT2D eigenvalue weighted by atomic mass is 10.0. The lowest BCUT2D eigenvalue weighted by molar-refractivity contribution is -0.150. The van der Waals surface area contributed by atoms with Gasteiger partial charge in [0, 0.05) is 11.1 Å². The van der Waals surface area contributed by atoms with Crippen LogP contribution in [0.4, 0.5) is 0 Å². The van der Waals surface area contributed by atoms with Gasteiger partial charge < -0.3 is 20.1 Å². The number of hydrogen-bond acceptors (Lipinski definition) is 5. The molecule has 5 nitrogen and oxygen atoms in total. The van der Waals surface area contributed by atoms with E-state index >= 15 is 0 Å². The molecule has 1 aromatic rings. The highest BCUT2D eigenvalue weighted by Crippen LogP contribution is 2.33. The maximum Gasteiger partial charge on any atom is 0.339 e. The van der Waals surface area contributed by atoms with Crippen LogP contribution in [0, 0.1) is 6.92 Å². The van der Waals surface area contributed by atoms with E-state index in [1.165, 1.54) is 19.1 Å². The van der Waals surface area contributed by atoms with Gasteiger partial charge in [0.15, 0.2) is 6.10 Å². The molecule has 0 saturated carbocycles. The number of aliphatic hydroxyl groups is 1. The van der Waals surface area contributed by atoms with Crippen LogP contribution in [-0.4, -0.2) is 28.4 Å². The van der Waals surface area contributed by atoms with E-state index in [0.29, 0.717) is 0 Å². The zero-order valence-corrected chi connectivity index (χ0v) is 8.39. The summed E-state index contributed by atoms with van der Waals surface area (Å²) in [6, 6.07) is 2.55. The normalized spacial score (nSPS) is 12.2. The van der Waals surface area contributed by atoms with Crippen LogP contribution in [0.2, 0.25) is 0 Å². The first-order chi connectivity index (χ1) is 6.99. The van der Waals surface area contributed by atoms with Crippen LogP contribution in [-0.2, 0) is 9.53 Å². The van der Waals surface area contributed by atoms with Crippen molar-refractivity contribution < 1.29 is 24.9 Å². The summed E-state index contributed by atoms with van der Waals surface area (Å²) in [5, 5.41) is 28.3. The van der Waals surface area contributed by atoms with Crippen molar-refractivity contribution in [3.63, 3.8) is 0 Å². The molecule has 1 unspecified atom stereocenters. The second kappa shape index (κ2) is 4.18. The number of carbonyl (C=O) groups excluding carboxylic acids is 1. The molecular formula is C10H12O5. The molecule has 15 heavy (non-hydrogen) atoms. The molecule has 0 radical (unpaired) electrons. The third kappa shape index (κ3) is 2.02. The van der Waals surface area contributed by atoms with E-state index in [-0.39, 0.29) is 22.6 Å². The topological polar surface area (TPSA) is 87.0 Å². The summed E-state index contributed by atoms with van der Waals surface area (Å²) in [7, 11) is 1.13. The zero-order chi connectivity index (χ0) is 11.6. The third-order valence-corrected chi connectivity index (χ3v) is 2.15. The number of benzene rings is 1. The van der Waals surface area contributed by atoms with Crippen molar-refractivity contribution in [2.24, 2.45) is 0 Å². The maximum atomic E-state index is 11.0. The van der Waals surface area contributed by atoms with Gasteiger partial charge >= 0.3 is 5.97 Å².